The van der Waals surface area contributed by atoms with Gasteiger partial charge in [-0.05, 0) is 51.7 Å². The molecule has 1 atom stereocenters. The first-order chi connectivity index (χ1) is 11.0. The van der Waals surface area contributed by atoms with Gasteiger partial charge in [0, 0.05) is 6.04 Å². The van der Waals surface area contributed by atoms with Crippen molar-refractivity contribution < 1.29 is 14.3 Å². The fraction of sp³-hybridized carbons (Fsp3) is 0.588. The van der Waals surface area contributed by atoms with Crippen molar-refractivity contribution in [3.05, 3.63) is 23.8 Å². The highest BCUT2D eigenvalue weighted by Gasteiger charge is 2.17. The van der Waals surface area contributed by atoms with Crippen molar-refractivity contribution >= 4 is 5.91 Å². The Balaban J connectivity index is 1.87. The third kappa shape index (κ3) is 5.11. The lowest BCUT2D eigenvalue weighted by Gasteiger charge is -2.28. The van der Waals surface area contributed by atoms with Crippen LogP contribution in [0.2, 0.25) is 0 Å². The second-order valence-corrected chi connectivity index (χ2v) is 6.14. The summed E-state index contributed by atoms with van der Waals surface area (Å²) in [5.74, 6) is 1.67. The maximum Gasteiger partial charge on any atom is 0.235 e. The number of hydrogen-bond acceptors (Lipinski definition) is 5. The first-order valence-electron chi connectivity index (χ1n) is 8.03. The molecule has 1 aliphatic heterocycles. The quantitative estimate of drug-likeness (QED) is 0.732. The SMILES string of the molecule is CCN(CNC(=O)CN(C)C)C(C)Cc1ccc2c(c1)OCO2. The summed E-state index contributed by atoms with van der Waals surface area (Å²) in [6, 6.07) is 6.39. The Morgan fingerprint density at radius 1 is 1.30 bits per heavy atom. The smallest absolute Gasteiger partial charge is 0.235 e. The van der Waals surface area contributed by atoms with Crippen LogP contribution in [0.1, 0.15) is 19.4 Å². The van der Waals surface area contributed by atoms with Crippen LogP contribution in [0.5, 0.6) is 11.5 Å². The van der Waals surface area contributed by atoms with Gasteiger partial charge in [0.15, 0.2) is 11.5 Å². The zero-order chi connectivity index (χ0) is 16.8. The summed E-state index contributed by atoms with van der Waals surface area (Å²) in [5, 5.41) is 2.97. The van der Waals surface area contributed by atoms with Gasteiger partial charge in [-0.15, -0.1) is 0 Å². The van der Waals surface area contributed by atoms with Crippen LogP contribution >= 0.6 is 0 Å². The monoisotopic (exact) mass is 321 g/mol. The molecule has 6 heteroatoms. The van der Waals surface area contributed by atoms with Crippen LogP contribution in [0, 0.1) is 0 Å². The van der Waals surface area contributed by atoms with E-state index in [-0.39, 0.29) is 5.91 Å². The zero-order valence-electron chi connectivity index (χ0n) is 14.5. The third-order valence-corrected chi connectivity index (χ3v) is 3.94. The van der Waals surface area contributed by atoms with Crippen molar-refractivity contribution in [2.45, 2.75) is 26.3 Å². The number of nitrogens with one attached hydrogen (secondary N) is 1. The number of fused-ring (bicyclic) bond motifs is 1. The van der Waals surface area contributed by atoms with Gasteiger partial charge in [0.25, 0.3) is 0 Å². The Morgan fingerprint density at radius 3 is 2.74 bits per heavy atom. The van der Waals surface area contributed by atoms with Gasteiger partial charge in [-0.2, -0.15) is 0 Å². The Morgan fingerprint density at radius 2 is 2.04 bits per heavy atom. The molecular formula is C17H27N3O3. The van der Waals surface area contributed by atoms with E-state index in [1.807, 2.05) is 31.1 Å². The van der Waals surface area contributed by atoms with Gasteiger partial charge in [-0.1, -0.05) is 13.0 Å². The van der Waals surface area contributed by atoms with Crippen molar-refractivity contribution in [1.29, 1.82) is 0 Å². The topological polar surface area (TPSA) is 54.0 Å². The highest BCUT2D eigenvalue weighted by Crippen LogP contribution is 2.32. The molecule has 0 spiro atoms. The van der Waals surface area contributed by atoms with E-state index < -0.39 is 0 Å². The highest BCUT2D eigenvalue weighted by molar-refractivity contribution is 5.77. The van der Waals surface area contributed by atoms with E-state index in [0.29, 0.717) is 26.0 Å². The summed E-state index contributed by atoms with van der Waals surface area (Å²) in [6.45, 7) is 6.44. The number of likely N-dealkylation sites (N-methyl/N-ethyl adjacent to an activating group) is 2. The minimum absolute atomic E-state index is 0.0451. The van der Waals surface area contributed by atoms with E-state index >= 15 is 0 Å². The lowest BCUT2D eigenvalue weighted by Crippen LogP contribution is -2.45. The van der Waals surface area contributed by atoms with E-state index in [4.69, 9.17) is 9.47 Å². The number of rotatable bonds is 8. The molecule has 1 amide bonds. The van der Waals surface area contributed by atoms with Crippen molar-refractivity contribution in [3.63, 3.8) is 0 Å². The fourth-order valence-corrected chi connectivity index (χ4v) is 2.65. The number of hydrogen-bond donors (Lipinski definition) is 1. The number of carbonyl (C=O) groups is 1. The van der Waals surface area contributed by atoms with Crippen molar-refractivity contribution in [2.75, 3.05) is 40.6 Å². The molecule has 1 heterocycles. The maximum atomic E-state index is 11.8. The summed E-state index contributed by atoms with van der Waals surface area (Å²) in [5.41, 5.74) is 1.21. The van der Waals surface area contributed by atoms with Crippen LogP contribution in [0.4, 0.5) is 0 Å². The second kappa shape index (κ2) is 8.17. The average molecular weight is 321 g/mol. The molecule has 0 aromatic heterocycles. The number of carbonyl (C=O) groups excluding carboxylic acids is 1. The first kappa shape index (κ1) is 17.6. The van der Waals surface area contributed by atoms with Crippen LogP contribution in [-0.2, 0) is 11.2 Å². The highest BCUT2D eigenvalue weighted by atomic mass is 16.7. The van der Waals surface area contributed by atoms with E-state index in [0.717, 1.165) is 24.5 Å². The maximum absolute atomic E-state index is 11.8. The average Bonchev–Trinajstić information content (AvgIpc) is 2.94. The Bertz CT molecular complexity index is 534. The molecule has 0 fully saturated rings. The number of ether oxygens (including phenoxy) is 2. The van der Waals surface area contributed by atoms with Crippen LogP contribution < -0.4 is 14.8 Å². The normalized spacial score (nSPS) is 14.3. The lowest BCUT2D eigenvalue weighted by molar-refractivity contribution is -0.122. The van der Waals surface area contributed by atoms with Crippen LogP contribution in [0.3, 0.4) is 0 Å². The van der Waals surface area contributed by atoms with Crippen LogP contribution in [0.25, 0.3) is 0 Å². The molecule has 1 N–H and O–H groups in total. The van der Waals surface area contributed by atoms with Crippen molar-refractivity contribution in [1.82, 2.24) is 15.1 Å². The van der Waals surface area contributed by atoms with Crippen molar-refractivity contribution in [3.8, 4) is 11.5 Å². The van der Waals surface area contributed by atoms with Crippen LogP contribution in [-0.4, -0.2) is 62.4 Å². The second-order valence-electron chi connectivity index (χ2n) is 6.14. The molecule has 1 unspecified atom stereocenters. The zero-order valence-corrected chi connectivity index (χ0v) is 14.5. The van der Waals surface area contributed by atoms with Gasteiger partial charge in [0.05, 0.1) is 13.2 Å². The van der Waals surface area contributed by atoms with E-state index in [2.05, 4.69) is 30.1 Å². The molecule has 0 bridgehead atoms. The Hall–Kier alpha value is -1.79. The van der Waals surface area contributed by atoms with Crippen LogP contribution in [0.15, 0.2) is 18.2 Å². The van der Waals surface area contributed by atoms with E-state index in [1.165, 1.54) is 5.56 Å². The molecule has 128 valence electrons. The number of amides is 1. The van der Waals surface area contributed by atoms with Crippen molar-refractivity contribution in [2.24, 2.45) is 0 Å². The molecule has 0 saturated heterocycles. The molecule has 23 heavy (non-hydrogen) atoms. The third-order valence-electron chi connectivity index (χ3n) is 3.94. The summed E-state index contributed by atoms with van der Waals surface area (Å²) < 4.78 is 10.8. The summed E-state index contributed by atoms with van der Waals surface area (Å²) in [4.78, 5) is 15.9. The summed E-state index contributed by atoms with van der Waals surface area (Å²) >= 11 is 0. The fourth-order valence-electron chi connectivity index (χ4n) is 2.65. The predicted octanol–water partition coefficient (Wildman–Crippen LogP) is 1.30. The molecule has 1 aromatic carbocycles. The van der Waals surface area contributed by atoms with E-state index in [9.17, 15) is 4.79 Å². The van der Waals surface area contributed by atoms with Gasteiger partial charge < -0.3 is 19.7 Å². The molecule has 2 rings (SSSR count). The predicted molar refractivity (Wildman–Crippen MR) is 89.7 cm³/mol. The molecule has 0 aliphatic carbocycles. The number of benzene rings is 1. The molecule has 0 saturated carbocycles. The number of nitrogens with zero attached hydrogens (tertiary/aromatic N) is 2. The van der Waals surface area contributed by atoms with E-state index in [1.54, 1.807) is 0 Å². The largest absolute Gasteiger partial charge is 0.454 e. The minimum atomic E-state index is 0.0451. The summed E-state index contributed by atoms with van der Waals surface area (Å²) in [7, 11) is 3.78. The Kier molecular flexibility index (Phi) is 6.24. The molecule has 1 aromatic rings. The summed E-state index contributed by atoms with van der Waals surface area (Å²) in [6.07, 6.45) is 0.897. The first-order valence-corrected chi connectivity index (χ1v) is 8.03. The standard InChI is InChI=1S/C17H27N3O3/c1-5-20(11-18-17(21)10-19(3)4)13(2)8-14-6-7-15-16(9-14)23-12-22-15/h6-7,9,13H,5,8,10-12H2,1-4H3,(H,18,21). The lowest BCUT2D eigenvalue weighted by atomic mass is 10.1. The van der Waals surface area contributed by atoms with Gasteiger partial charge >= 0.3 is 0 Å². The van der Waals surface area contributed by atoms with Gasteiger partial charge in [0.2, 0.25) is 12.7 Å². The van der Waals surface area contributed by atoms with Gasteiger partial charge in [-0.3, -0.25) is 9.69 Å². The molecule has 0 radical (unpaired) electrons. The Labute approximate surface area is 138 Å². The minimum Gasteiger partial charge on any atom is -0.454 e. The van der Waals surface area contributed by atoms with Gasteiger partial charge in [0.1, 0.15) is 0 Å². The molecular weight excluding hydrogens is 294 g/mol. The molecule has 6 nitrogen and oxygen atoms in total. The van der Waals surface area contributed by atoms with Gasteiger partial charge in [-0.25, -0.2) is 0 Å². The molecule has 1 aliphatic rings.